The molecule has 0 spiro atoms. The number of anilines is 1. The zero-order valence-corrected chi connectivity index (χ0v) is 10.6. The summed E-state index contributed by atoms with van der Waals surface area (Å²) in [5, 5.41) is 14.7. The SMILES string of the molecule is CN(CC1CCNCC1)c1ncc([N+](=O)[O-])s1. The number of hydrogen-bond acceptors (Lipinski definition) is 6. The largest absolute Gasteiger partial charge is 0.351 e. The van der Waals surface area contributed by atoms with E-state index in [4.69, 9.17) is 0 Å². The van der Waals surface area contributed by atoms with Crippen molar-refractivity contribution in [2.24, 2.45) is 5.92 Å². The van der Waals surface area contributed by atoms with Crippen LogP contribution < -0.4 is 10.2 Å². The summed E-state index contributed by atoms with van der Waals surface area (Å²) < 4.78 is 0. The molecule has 1 aromatic rings. The predicted octanol–water partition coefficient (Wildman–Crippen LogP) is 1.49. The zero-order valence-electron chi connectivity index (χ0n) is 9.76. The van der Waals surface area contributed by atoms with E-state index in [-0.39, 0.29) is 9.92 Å². The summed E-state index contributed by atoms with van der Waals surface area (Å²) in [6.45, 7) is 3.05. The Hall–Kier alpha value is -1.21. The van der Waals surface area contributed by atoms with E-state index in [1.54, 1.807) is 0 Å². The third-order valence-electron chi connectivity index (χ3n) is 2.98. The van der Waals surface area contributed by atoms with Crippen LogP contribution in [-0.4, -0.2) is 36.6 Å². The van der Waals surface area contributed by atoms with E-state index >= 15 is 0 Å². The molecule has 0 aliphatic carbocycles. The molecule has 6 nitrogen and oxygen atoms in total. The minimum atomic E-state index is -0.389. The minimum Gasteiger partial charge on any atom is -0.351 e. The highest BCUT2D eigenvalue weighted by Crippen LogP contribution is 2.28. The van der Waals surface area contributed by atoms with Gasteiger partial charge in [-0.25, -0.2) is 4.98 Å². The van der Waals surface area contributed by atoms with Crippen molar-refractivity contribution >= 4 is 21.5 Å². The van der Waals surface area contributed by atoms with Gasteiger partial charge in [0.25, 0.3) is 0 Å². The summed E-state index contributed by atoms with van der Waals surface area (Å²) in [6.07, 6.45) is 3.66. The summed E-state index contributed by atoms with van der Waals surface area (Å²) in [5.41, 5.74) is 0. The molecule has 7 heteroatoms. The molecule has 94 valence electrons. The van der Waals surface area contributed by atoms with Gasteiger partial charge in [-0.2, -0.15) is 0 Å². The number of hydrogen-bond donors (Lipinski definition) is 1. The molecule has 0 amide bonds. The Labute approximate surface area is 104 Å². The third kappa shape index (κ3) is 3.13. The van der Waals surface area contributed by atoms with Crippen LogP contribution in [-0.2, 0) is 0 Å². The third-order valence-corrected chi connectivity index (χ3v) is 4.04. The highest BCUT2D eigenvalue weighted by molar-refractivity contribution is 7.18. The molecule has 1 N–H and O–H groups in total. The van der Waals surface area contributed by atoms with E-state index in [0.717, 1.165) is 48.9 Å². The van der Waals surface area contributed by atoms with E-state index < -0.39 is 0 Å². The maximum absolute atomic E-state index is 10.6. The van der Waals surface area contributed by atoms with Gasteiger partial charge in [0, 0.05) is 13.6 Å². The van der Waals surface area contributed by atoms with Gasteiger partial charge in [0.2, 0.25) is 0 Å². The number of piperidine rings is 1. The zero-order chi connectivity index (χ0) is 12.3. The molecular formula is C10H16N4O2S. The molecule has 0 unspecified atom stereocenters. The second kappa shape index (κ2) is 5.42. The van der Waals surface area contributed by atoms with Gasteiger partial charge in [0.15, 0.2) is 5.13 Å². The fraction of sp³-hybridized carbons (Fsp3) is 0.700. The molecule has 1 aliphatic rings. The second-order valence-corrected chi connectivity index (χ2v) is 5.30. The van der Waals surface area contributed by atoms with Crippen LogP contribution in [0, 0.1) is 16.0 Å². The van der Waals surface area contributed by atoms with Crippen LogP contribution in [0.1, 0.15) is 12.8 Å². The summed E-state index contributed by atoms with van der Waals surface area (Å²) in [6, 6.07) is 0. The maximum atomic E-state index is 10.6. The molecule has 1 aliphatic heterocycles. The molecule has 0 saturated carbocycles. The number of thiazole rings is 1. The Morgan fingerprint density at radius 1 is 1.65 bits per heavy atom. The summed E-state index contributed by atoms with van der Waals surface area (Å²) in [5.74, 6) is 0.657. The van der Waals surface area contributed by atoms with Gasteiger partial charge in [0.05, 0.1) is 4.92 Å². The van der Waals surface area contributed by atoms with Crippen molar-refractivity contribution in [2.75, 3.05) is 31.6 Å². The fourth-order valence-electron chi connectivity index (χ4n) is 2.05. The van der Waals surface area contributed by atoms with Crippen molar-refractivity contribution in [3.05, 3.63) is 16.3 Å². The quantitative estimate of drug-likeness (QED) is 0.652. The number of rotatable bonds is 4. The van der Waals surface area contributed by atoms with Crippen molar-refractivity contribution in [1.29, 1.82) is 0 Å². The Morgan fingerprint density at radius 3 is 2.94 bits per heavy atom. The van der Waals surface area contributed by atoms with Crippen molar-refractivity contribution in [2.45, 2.75) is 12.8 Å². The highest BCUT2D eigenvalue weighted by atomic mass is 32.1. The standard InChI is InChI=1S/C10H16N4O2S/c1-13(7-8-2-4-11-5-3-8)10-12-6-9(17-10)14(15)16/h6,8,11H,2-5,7H2,1H3. The van der Waals surface area contributed by atoms with Crippen LogP contribution in [0.4, 0.5) is 10.1 Å². The van der Waals surface area contributed by atoms with E-state index in [1.807, 2.05) is 11.9 Å². The minimum absolute atomic E-state index is 0.108. The first-order valence-corrected chi connectivity index (χ1v) is 6.50. The Bertz CT molecular complexity index is 389. The van der Waals surface area contributed by atoms with Gasteiger partial charge in [-0.1, -0.05) is 0 Å². The molecule has 2 heterocycles. The molecular weight excluding hydrogens is 240 g/mol. The lowest BCUT2D eigenvalue weighted by Crippen LogP contribution is -2.34. The number of nitro groups is 1. The molecule has 0 bridgehead atoms. The first kappa shape index (κ1) is 12.3. The Balaban J connectivity index is 1.93. The van der Waals surface area contributed by atoms with E-state index in [9.17, 15) is 10.1 Å². The maximum Gasteiger partial charge on any atom is 0.345 e. The summed E-state index contributed by atoms with van der Waals surface area (Å²) in [7, 11) is 1.95. The molecule has 0 aromatic carbocycles. The summed E-state index contributed by atoms with van der Waals surface area (Å²) in [4.78, 5) is 16.3. The first-order valence-electron chi connectivity index (χ1n) is 5.69. The Kier molecular flexibility index (Phi) is 3.90. The van der Waals surface area contributed by atoms with Crippen LogP contribution >= 0.6 is 11.3 Å². The highest BCUT2D eigenvalue weighted by Gasteiger charge is 2.19. The lowest BCUT2D eigenvalue weighted by atomic mass is 9.98. The van der Waals surface area contributed by atoms with Crippen LogP contribution in [0.25, 0.3) is 0 Å². The van der Waals surface area contributed by atoms with Crippen LogP contribution in [0.15, 0.2) is 6.20 Å². The topological polar surface area (TPSA) is 71.3 Å². The van der Waals surface area contributed by atoms with Gasteiger partial charge >= 0.3 is 5.00 Å². The molecule has 17 heavy (non-hydrogen) atoms. The van der Waals surface area contributed by atoms with Gasteiger partial charge < -0.3 is 10.2 Å². The van der Waals surface area contributed by atoms with Gasteiger partial charge in [-0.3, -0.25) is 10.1 Å². The molecule has 1 fully saturated rings. The monoisotopic (exact) mass is 256 g/mol. The number of nitrogens with one attached hydrogen (secondary N) is 1. The normalized spacial score (nSPS) is 17.0. The number of aromatic nitrogens is 1. The fourth-order valence-corrected chi connectivity index (χ4v) is 2.75. The molecule has 1 aromatic heterocycles. The van der Waals surface area contributed by atoms with E-state index in [2.05, 4.69) is 10.3 Å². The summed E-state index contributed by atoms with van der Waals surface area (Å²) >= 11 is 1.14. The van der Waals surface area contributed by atoms with Crippen LogP contribution in [0.3, 0.4) is 0 Å². The number of nitrogens with zero attached hydrogens (tertiary/aromatic N) is 3. The lowest BCUT2D eigenvalue weighted by Gasteiger charge is -2.27. The first-order chi connectivity index (χ1) is 8.16. The molecule has 2 rings (SSSR count). The van der Waals surface area contributed by atoms with Crippen LogP contribution in [0.5, 0.6) is 0 Å². The van der Waals surface area contributed by atoms with Gasteiger partial charge in [-0.15, -0.1) is 0 Å². The smallest absolute Gasteiger partial charge is 0.345 e. The second-order valence-electron chi connectivity index (χ2n) is 4.31. The van der Waals surface area contributed by atoms with Crippen molar-refractivity contribution < 1.29 is 4.92 Å². The molecule has 0 radical (unpaired) electrons. The van der Waals surface area contributed by atoms with Crippen molar-refractivity contribution in [3.8, 4) is 0 Å². The molecule has 0 atom stereocenters. The van der Waals surface area contributed by atoms with Gasteiger partial charge in [-0.05, 0) is 43.2 Å². The average molecular weight is 256 g/mol. The predicted molar refractivity (Wildman–Crippen MR) is 67.6 cm³/mol. The van der Waals surface area contributed by atoms with E-state index in [1.165, 1.54) is 6.20 Å². The van der Waals surface area contributed by atoms with Gasteiger partial charge in [0.1, 0.15) is 6.20 Å². The average Bonchev–Trinajstić information content (AvgIpc) is 2.79. The van der Waals surface area contributed by atoms with Crippen LogP contribution in [0.2, 0.25) is 0 Å². The lowest BCUT2D eigenvalue weighted by molar-refractivity contribution is -0.380. The van der Waals surface area contributed by atoms with E-state index in [0.29, 0.717) is 5.92 Å². The van der Waals surface area contributed by atoms with Crippen molar-refractivity contribution in [1.82, 2.24) is 10.3 Å². The molecule has 1 saturated heterocycles. The van der Waals surface area contributed by atoms with Crippen molar-refractivity contribution in [3.63, 3.8) is 0 Å². The Morgan fingerprint density at radius 2 is 2.35 bits per heavy atom.